The summed E-state index contributed by atoms with van der Waals surface area (Å²) in [5, 5.41) is 22.7. The van der Waals surface area contributed by atoms with E-state index in [9.17, 15) is 9.59 Å². The van der Waals surface area contributed by atoms with E-state index < -0.39 is 18.1 Å². The number of hydrogen-bond acceptors (Lipinski definition) is 4. The van der Waals surface area contributed by atoms with Crippen molar-refractivity contribution in [1.29, 1.82) is 5.26 Å². The zero-order chi connectivity index (χ0) is 15.2. The zero-order valence-corrected chi connectivity index (χ0v) is 11.2. The number of ether oxygens (including phenoxy) is 1. The van der Waals surface area contributed by atoms with Crippen LogP contribution in [0.5, 0.6) is 0 Å². The van der Waals surface area contributed by atoms with Crippen LogP contribution in [0.1, 0.15) is 18.4 Å². The standard InChI is InChI=1S/C14H15N3O4/c15-7-9-1-3-10(4-2-9)17-14(20)16-8-11-5-6-12(21-11)13(18)19/h1-4,11-12H,5-6,8H2,(H,18,19)(H2,16,17,20). The molecule has 2 amide bonds. The summed E-state index contributed by atoms with van der Waals surface area (Å²) in [6, 6.07) is 8.06. The molecule has 0 aliphatic carbocycles. The number of carboxylic acids is 1. The second kappa shape index (κ2) is 6.72. The van der Waals surface area contributed by atoms with Gasteiger partial charge in [0.2, 0.25) is 0 Å². The van der Waals surface area contributed by atoms with Crippen LogP contribution < -0.4 is 10.6 Å². The van der Waals surface area contributed by atoms with Crippen LogP contribution in [-0.2, 0) is 9.53 Å². The largest absolute Gasteiger partial charge is 0.479 e. The molecule has 21 heavy (non-hydrogen) atoms. The average Bonchev–Trinajstić information content (AvgIpc) is 2.95. The summed E-state index contributed by atoms with van der Waals surface area (Å²) in [5.74, 6) is -0.973. The summed E-state index contributed by atoms with van der Waals surface area (Å²) in [7, 11) is 0. The number of nitrogens with one attached hydrogen (secondary N) is 2. The molecule has 7 nitrogen and oxygen atoms in total. The summed E-state index contributed by atoms with van der Waals surface area (Å²) >= 11 is 0. The van der Waals surface area contributed by atoms with Crippen LogP contribution >= 0.6 is 0 Å². The number of hydrogen-bond donors (Lipinski definition) is 3. The van der Waals surface area contributed by atoms with Crippen molar-refractivity contribution in [2.24, 2.45) is 0 Å². The number of carbonyl (C=O) groups is 2. The van der Waals surface area contributed by atoms with Crippen molar-refractivity contribution in [3.63, 3.8) is 0 Å². The van der Waals surface area contributed by atoms with Gasteiger partial charge >= 0.3 is 12.0 Å². The van der Waals surface area contributed by atoms with Crippen molar-refractivity contribution in [3.8, 4) is 6.07 Å². The molecule has 1 aromatic carbocycles. The monoisotopic (exact) mass is 289 g/mol. The van der Waals surface area contributed by atoms with E-state index in [2.05, 4.69) is 10.6 Å². The Hall–Kier alpha value is -2.59. The number of nitrogens with zero attached hydrogens (tertiary/aromatic N) is 1. The van der Waals surface area contributed by atoms with Gasteiger partial charge in [0.1, 0.15) is 0 Å². The highest BCUT2D eigenvalue weighted by Crippen LogP contribution is 2.19. The van der Waals surface area contributed by atoms with Gasteiger partial charge in [-0.25, -0.2) is 9.59 Å². The molecule has 0 radical (unpaired) electrons. The van der Waals surface area contributed by atoms with Gasteiger partial charge in [0.15, 0.2) is 6.10 Å². The molecular formula is C14H15N3O4. The van der Waals surface area contributed by atoms with Gasteiger partial charge in [-0.3, -0.25) is 0 Å². The molecule has 0 saturated carbocycles. The molecule has 7 heteroatoms. The first kappa shape index (κ1) is 14.8. The van der Waals surface area contributed by atoms with Crippen LogP contribution in [0.2, 0.25) is 0 Å². The van der Waals surface area contributed by atoms with Gasteiger partial charge in [0.25, 0.3) is 0 Å². The first-order valence-electron chi connectivity index (χ1n) is 6.52. The Morgan fingerprint density at radius 3 is 2.62 bits per heavy atom. The van der Waals surface area contributed by atoms with E-state index in [1.165, 1.54) is 0 Å². The minimum Gasteiger partial charge on any atom is -0.479 e. The van der Waals surface area contributed by atoms with Crippen molar-refractivity contribution in [3.05, 3.63) is 29.8 Å². The lowest BCUT2D eigenvalue weighted by atomic mass is 10.2. The van der Waals surface area contributed by atoms with E-state index in [0.717, 1.165) is 0 Å². The fraction of sp³-hybridized carbons (Fsp3) is 0.357. The van der Waals surface area contributed by atoms with Crippen LogP contribution in [0.25, 0.3) is 0 Å². The normalized spacial score (nSPS) is 20.5. The van der Waals surface area contributed by atoms with E-state index in [1.54, 1.807) is 24.3 Å². The molecule has 0 aromatic heterocycles. The second-order valence-corrected chi connectivity index (χ2v) is 4.69. The molecule has 0 spiro atoms. The predicted molar refractivity (Wildman–Crippen MR) is 73.7 cm³/mol. The highest BCUT2D eigenvalue weighted by molar-refractivity contribution is 5.89. The van der Waals surface area contributed by atoms with Gasteiger partial charge in [-0.05, 0) is 37.1 Å². The van der Waals surface area contributed by atoms with Crippen LogP contribution in [-0.4, -0.2) is 35.9 Å². The molecule has 1 aliphatic heterocycles. The van der Waals surface area contributed by atoms with E-state index in [0.29, 0.717) is 24.1 Å². The highest BCUT2D eigenvalue weighted by Gasteiger charge is 2.30. The first-order chi connectivity index (χ1) is 10.1. The van der Waals surface area contributed by atoms with Gasteiger partial charge in [0, 0.05) is 12.2 Å². The average molecular weight is 289 g/mol. The molecule has 1 heterocycles. The van der Waals surface area contributed by atoms with E-state index in [-0.39, 0.29) is 12.6 Å². The molecule has 110 valence electrons. The Morgan fingerprint density at radius 1 is 1.33 bits per heavy atom. The van der Waals surface area contributed by atoms with E-state index in [1.807, 2.05) is 6.07 Å². The third-order valence-electron chi connectivity index (χ3n) is 3.15. The van der Waals surface area contributed by atoms with Crippen LogP contribution in [0.4, 0.5) is 10.5 Å². The number of rotatable bonds is 4. The highest BCUT2D eigenvalue weighted by atomic mass is 16.5. The third-order valence-corrected chi connectivity index (χ3v) is 3.15. The molecule has 2 rings (SSSR count). The second-order valence-electron chi connectivity index (χ2n) is 4.69. The summed E-state index contributed by atoms with van der Waals surface area (Å²) in [6.07, 6.45) is 0.00346. The van der Waals surface area contributed by atoms with Crippen LogP contribution in [0, 0.1) is 11.3 Å². The van der Waals surface area contributed by atoms with E-state index in [4.69, 9.17) is 15.1 Å². The Bertz CT molecular complexity index is 565. The Labute approximate surface area is 121 Å². The summed E-state index contributed by atoms with van der Waals surface area (Å²) in [4.78, 5) is 22.4. The van der Waals surface area contributed by atoms with Crippen LogP contribution in [0.15, 0.2) is 24.3 Å². The third kappa shape index (κ3) is 4.19. The number of carboxylic acid groups (broad SMARTS) is 1. The zero-order valence-electron chi connectivity index (χ0n) is 11.2. The fourth-order valence-corrected chi connectivity index (χ4v) is 2.05. The number of nitriles is 1. The van der Waals surface area contributed by atoms with Gasteiger partial charge in [0.05, 0.1) is 17.7 Å². The smallest absolute Gasteiger partial charge is 0.332 e. The Kier molecular flexibility index (Phi) is 4.74. The molecule has 1 aromatic rings. The maximum absolute atomic E-state index is 11.7. The summed E-state index contributed by atoms with van der Waals surface area (Å²) in [6.45, 7) is 0.256. The fourth-order valence-electron chi connectivity index (χ4n) is 2.05. The lowest BCUT2D eigenvalue weighted by molar-refractivity contribution is -0.149. The number of carbonyl (C=O) groups excluding carboxylic acids is 1. The number of benzene rings is 1. The minimum atomic E-state index is -0.973. The molecule has 2 atom stereocenters. The molecule has 1 saturated heterocycles. The van der Waals surface area contributed by atoms with Gasteiger partial charge in [-0.15, -0.1) is 0 Å². The number of aliphatic carboxylic acids is 1. The quantitative estimate of drug-likeness (QED) is 0.773. The van der Waals surface area contributed by atoms with E-state index >= 15 is 0 Å². The van der Waals surface area contributed by atoms with Gasteiger partial charge in [-0.2, -0.15) is 5.26 Å². The molecule has 1 fully saturated rings. The van der Waals surface area contributed by atoms with Gasteiger partial charge < -0.3 is 20.5 Å². The molecule has 3 N–H and O–H groups in total. The van der Waals surface area contributed by atoms with Crippen LogP contribution in [0.3, 0.4) is 0 Å². The predicted octanol–water partition coefficient (Wildman–Crippen LogP) is 1.31. The molecule has 2 unspecified atom stereocenters. The SMILES string of the molecule is N#Cc1ccc(NC(=O)NCC2CCC(C(=O)O)O2)cc1. The molecular weight excluding hydrogens is 274 g/mol. The van der Waals surface area contributed by atoms with Crippen molar-refractivity contribution in [1.82, 2.24) is 5.32 Å². The maximum atomic E-state index is 11.7. The van der Waals surface area contributed by atoms with Crippen molar-refractivity contribution in [2.45, 2.75) is 25.0 Å². The van der Waals surface area contributed by atoms with Gasteiger partial charge in [-0.1, -0.05) is 0 Å². The van der Waals surface area contributed by atoms with Crippen molar-refractivity contribution >= 4 is 17.7 Å². The number of amides is 2. The van der Waals surface area contributed by atoms with Crippen molar-refractivity contribution in [2.75, 3.05) is 11.9 Å². The Morgan fingerprint density at radius 2 is 2.05 bits per heavy atom. The molecule has 1 aliphatic rings. The number of anilines is 1. The summed E-state index contributed by atoms with van der Waals surface area (Å²) < 4.78 is 5.28. The Balaban J connectivity index is 1.75. The first-order valence-corrected chi connectivity index (χ1v) is 6.52. The lowest BCUT2D eigenvalue weighted by Gasteiger charge is -2.13. The minimum absolute atomic E-state index is 0.256. The summed E-state index contributed by atoms with van der Waals surface area (Å²) in [5.41, 5.74) is 1.09. The number of urea groups is 1. The molecule has 0 bridgehead atoms. The maximum Gasteiger partial charge on any atom is 0.332 e. The topological polar surface area (TPSA) is 111 Å². The van der Waals surface area contributed by atoms with Crippen molar-refractivity contribution < 1.29 is 19.4 Å². The lowest BCUT2D eigenvalue weighted by Crippen LogP contribution is -2.35.